The van der Waals surface area contributed by atoms with Crippen molar-refractivity contribution in [2.45, 2.75) is 13.0 Å². The molecule has 1 unspecified atom stereocenters. The summed E-state index contributed by atoms with van der Waals surface area (Å²) in [4.78, 5) is 9.04. The third-order valence-corrected chi connectivity index (χ3v) is 4.13. The van der Waals surface area contributed by atoms with Gasteiger partial charge in [-0.2, -0.15) is 0 Å². The Morgan fingerprint density at radius 1 is 0.958 bits per heavy atom. The Morgan fingerprint density at radius 3 is 2.42 bits per heavy atom. The van der Waals surface area contributed by atoms with Crippen LogP contribution in [-0.4, -0.2) is 19.5 Å². The summed E-state index contributed by atoms with van der Waals surface area (Å²) >= 11 is 0. The van der Waals surface area contributed by atoms with E-state index in [1.165, 1.54) is 0 Å². The first-order chi connectivity index (χ1) is 11.7. The topological polar surface area (TPSA) is 50.4 Å². The monoisotopic (exact) mass is 315 g/mol. The number of aliphatic hydroxyl groups excluding tert-OH is 1. The van der Waals surface area contributed by atoms with Gasteiger partial charge in [0.1, 0.15) is 0 Å². The summed E-state index contributed by atoms with van der Waals surface area (Å²) in [5, 5.41) is 9.70. The molecule has 118 valence electrons. The van der Waals surface area contributed by atoms with Gasteiger partial charge in [0.15, 0.2) is 0 Å². The van der Waals surface area contributed by atoms with Gasteiger partial charge in [-0.25, -0.2) is 9.97 Å². The molecule has 2 aromatic heterocycles. The van der Waals surface area contributed by atoms with Gasteiger partial charge in [0, 0.05) is 29.7 Å². The molecule has 4 rings (SSSR count). The van der Waals surface area contributed by atoms with E-state index in [-0.39, 0.29) is 0 Å². The van der Waals surface area contributed by atoms with Crippen LogP contribution in [-0.2, 0) is 0 Å². The summed E-state index contributed by atoms with van der Waals surface area (Å²) in [7, 11) is 0. The number of hydrogen-bond donors (Lipinski definition) is 1. The van der Waals surface area contributed by atoms with Gasteiger partial charge in [0.25, 0.3) is 0 Å². The van der Waals surface area contributed by atoms with Crippen LogP contribution in [0.4, 0.5) is 0 Å². The Balaban J connectivity index is 1.92. The van der Waals surface area contributed by atoms with Gasteiger partial charge < -0.3 is 5.11 Å². The molecule has 0 aliphatic heterocycles. The Kier molecular flexibility index (Phi) is 3.59. The third kappa shape index (κ3) is 2.57. The Labute approximate surface area is 140 Å². The molecule has 1 atom stereocenters. The highest BCUT2D eigenvalue weighted by atomic mass is 16.3. The van der Waals surface area contributed by atoms with Gasteiger partial charge in [-0.05, 0) is 18.1 Å². The zero-order valence-electron chi connectivity index (χ0n) is 13.3. The van der Waals surface area contributed by atoms with Crippen molar-refractivity contribution >= 4 is 5.78 Å². The number of aliphatic hydroxyl groups is 1. The SMILES string of the molecule is CC(O)c1ccc(-c2nc3nccn3cc2-c2ccccc2)cc1. The average Bonchev–Trinajstić information content (AvgIpc) is 3.09. The molecular weight excluding hydrogens is 298 g/mol. The van der Waals surface area contributed by atoms with Crippen LogP contribution < -0.4 is 0 Å². The molecule has 0 amide bonds. The van der Waals surface area contributed by atoms with Crippen molar-refractivity contribution in [3.8, 4) is 22.4 Å². The minimum atomic E-state index is -0.477. The highest BCUT2D eigenvalue weighted by molar-refractivity contribution is 5.81. The van der Waals surface area contributed by atoms with E-state index in [1.54, 1.807) is 13.1 Å². The number of benzene rings is 2. The summed E-state index contributed by atoms with van der Waals surface area (Å²) in [5.74, 6) is 0.671. The number of nitrogens with zero attached hydrogens (tertiary/aromatic N) is 3. The van der Waals surface area contributed by atoms with Gasteiger partial charge in [-0.15, -0.1) is 0 Å². The number of fused-ring (bicyclic) bond motifs is 1. The normalized spacial score (nSPS) is 12.4. The van der Waals surface area contributed by atoms with Crippen molar-refractivity contribution < 1.29 is 5.11 Å². The first-order valence-electron chi connectivity index (χ1n) is 7.90. The zero-order valence-corrected chi connectivity index (χ0v) is 13.3. The molecule has 0 saturated heterocycles. The van der Waals surface area contributed by atoms with Crippen LogP contribution in [0.5, 0.6) is 0 Å². The molecule has 4 aromatic rings. The summed E-state index contributed by atoms with van der Waals surface area (Å²) < 4.78 is 1.93. The van der Waals surface area contributed by atoms with Gasteiger partial charge in [-0.1, -0.05) is 54.6 Å². The lowest BCUT2D eigenvalue weighted by Gasteiger charge is -2.11. The predicted molar refractivity (Wildman–Crippen MR) is 94.5 cm³/mol. The Hall–Kier alpha value is -2.98. The third-order valence-electron chi connectivity index (χ3n) is 4.13. The van der Waals surface area contributed by atoms with E-state index in [0.29, 0.717) is 5.78 Å². The summed E-state index contributed by atoms with van der Waals surface area (Å²) in [5.41, 5.74) is 4.93. The highest BCUT2D eigenvalue weighted by Gasteiger charge is 2.12. The van der Waals surface area contributed by atoms with Crippen molar-refractivity contribution in [3.05, 3.63) is 78.8 Å². The van der Waals surface area contributed by atoms with Gasteiger partial charge in [0.05, 0.1) is 11.8 Å². The maximum Gasteiger partial charge on any atom is 0.234 e. The van der Waals surface area contributed by atoms with Crippen molar-refractivity contribution in [2.75, 3.05) is 0 Å². The molecule has 0 bridgehead atoms. The lowest BCUT2D eigenvalue weighted by atomic mass is 9.99. The molecule has 2 heterocycles. The van der Waals surface area contributed by atoms with Crippen molar-refractivity contribution in [3.63, 3.8) is 0 Å². The molecule has 1 N–H and O–H groups in total. The van der Waals surface area contributed by atoms with E-state index in [0.717, 1.165) is 27.9 Å². The van der Waals surface area contributed by atoms with E-state index in [1.807, 2.05) is 53.1 Å². The largest absolute Gasteiger partial charge is 0.389 e. The second-order valence-corrected chi connectivity index (χ2v) is 5.80. The summed E-state index contributed by atoms with van der Waals surface area (Å²) in [6, 6.07) is 18.1. The molecule has 4 heteroatoms. The van der Waals surface area contributed by atoms with E-state index in [2.05, 4.69) is 23.3 Å². The van der Waals surface area contributed by atoms with Gasteiger partial charge in [-0.3, -0.25) is 4.40 Å². The molecule has 0 aliphatic rings. The maximum atomic E-state index is 9.70. The maximum absolute atomic E-state index is 9.70. The Bertz CT molecular complexity index is 973. The molecule has 0 fully saturated rings. The smallest absolute Gasteiger partial charge is 0.234 e. The van der Waals surface area contributed by atoms with Crippen LogP contribution in [0.3, 0.4) is 0 Å². The fourth-order valence-corrected chi connectivity index (χ4v) is 2.82. The number of rotatable bonds is 3. The molecule has 2 aromatic carbocycles. The van der Waals surface area contributed by atoms with Crippen LogP contribution in [0, 0.1) is 0 Å². The minimum Gasteiger partial charge on any atom is -0.389 e. The van der Waals surface area contributed by atoms with Crippen molar-refractivity contribution in [1.29, 1.82) is 0 Å². The molecular formula is C20H17N3O. The quantitative estimate of drug-likeness (QED) is 0.619. The first-order valence-corrected chi connectivity index (χ1v) is 7.90. The predicted octanol–water partition coefficient (Wildman–Crippen LogP) is 4.12. The van der Waals surface area contributed by atoms with Crippen molar-refractivity contribution in [2.24, 2.45) is 0 Å². The van der Waals surface area contributed by atoms with Crippen molar-refractivity contribution in [1.82, 2.24) is 14.4 Å². The number of aromatic nitrogens is 3. The Morgan fingerprint density at radius 2 is 1.71 bits per heavy atom. The standard InChI is InChI=1S/C20H17N3O/c1-14(24)15-7-9-17(10-8-15)19-18(16-5-3-2-4-6-16)13-23-12-11-21-20(23)22-19/h2-14,24H,1H3. The lowest BCUT2D eigenvalue weighted by Crippen LogP contribution is -1.96. The van der Waals surface area contributed by atoms with Gasteiger partial charge in [0.2, 0.25) is 5.78 Å². The molecule has 0 spiro atoms. The minimum absolute atomic E-state index is 0.477. The average molecular weight is 315 g/mol. The molecule has 0 saturated carbocycles. The molecule has 0 radical (unpaired) electrons. The van der Waals surface area contributed by atoms with Crippen LogP contribution in [0.1, 0.15) is 18.6 Å². The van der Waals surface area contributed by atoms with Crippen LogP contribution in [0.2, 0.25) is 0 Å². The molecule has 0 aliphatic carbocycles. The molecule has 24 heavy (non-hydrogen) atoms. The summed E-state index contributed by atoms with van der Waals surface area (Å²) in [6.07, 6.45) is 5.23. The fourth-order valence-electron chi connectivity index (χ4n) is 2.82. The van der Waals surface area contributed by atoms with E-state index in [9.17, 15) is 5.11 Å². The first kappa shape index (κ1) is 14.6. The number of imidazole rings is 1. The van der Waals surface area contributed by atoms with Crippen LogP contribution >= 0.6 is 0 Å². The van der Waals surface area contributed by atoms with E-state index < -0.39 is 6.10 Å². The summed E-state index contributed by atoms with van der Waals surface area (Å²) in [6.45, 7) is 1.76. The van der Waals surface area contributed by atoms with Crippen LogP contribution in [0.25, 0.3) is 28.2 Å². The van der Waals surface area contributed by atoms with E-state index in [4.69, 9.17) is 4.98 Å². The number of hydrogen-bond acceptors (Lipinski definition) is 3. The van der Waals surface area contributed by atoms with Gasteiger partial charge >= 0.3 is 0 Å². The van der Waals surface area contributed by atoms with Crippen LogP contribution in [0.15, 0.2) is 73.2 Å². The zero-order chi connectivity index (χ0) is 16.5. The second-order valence-electron chi connectivity index (χ2n) is 5.80. The fraction of sp³-hybridized carbons (Fsp3) is 0.100. The molecule has 4 nitrogen and oxygen atoms in total. The highest BCUT2D eigenvalue weighted by Crippen LogP contribution is 2.31. The second kappa shape index (κ2) is 5.91. The van der Waals surface area contributed by atoms with E-state index >= 15 is 0 Å². The lowest BCUT2D eigenvalue weighted by molar-refractivity contribution is 0.199.